The van der Waals surface area contributed by atoms with Crippen LogP contribution in [-0.4, -0.2) is 37.1 Å². The molecule has 182 valence electrons. The summed E-state index contributed by atoms with van der Waals surface area (Å²) < 4.78 is 11.4. The van der Waals surface area contributed by atoms with Gasteiger partial charge in [0, 0.05) is 18.4 Å². The fraction of sp³-hybridized carbons (Fsp3) is 0.310. The minimum atomic E-state index is -1.13. The first-order chi connectivity index (χ1) is 16.9. The van der Waals surface area contributed by atoms with E-state index in [4.69, 9.17) is 15.2 Å². The van der Waals surface area contributed by atoms with E-state index in [2.05, 4.69) is 12.1 Å². The second-order valence-corrected chi connectivity index (χ2v) is 9.13. The molecule has 3 aromatic rings. The van der Waals surface area contributed by atoms with Crippen LogP contribution in [0.15, 0.2) is 66.7 Å². The van der Waals surface area contributed by atoms with Crippen molar-refractivity contribution in [3.63, 3.8) is 0 Å². The zero-order chi connectivity index (χ0) is 24.8. The second kappa shape index (κ2) is 10.7. The van der Waals surface area contributed by atoms with Gasteiger partial charge in [0.25, 0.3) is 0 Å². The lowest BCUT2D eigenvalue weighted by Crippen LogP contribution is -2.34. The summed E-state index contributed by atoms with van der Waals surface area (Å²) in [7, 11) is 1.55. The van der Waals surface area contributed by atoms with Gasteiger partial charge in [-0.15, -0.1) is 0 Å². The van der Waals surface area contributed by atoms with Crippen molar-refractivity contribution < 1.29 is 24.2 Å². The molecule has 0 aromatic heterocycles. The first kappa shape index (κ1) is 24.5. The van der Waals surface area contributed by atoms with Crippen molar-refractivity contribution in [3.05, 3.63) is 94.5 Å². The van der Waals surface area contributed by atoms with Gasteiger partial charge < -0.3 is 20.3 Å². The molecular formula is C29H31NO5. The zero-order valence-electron chi connectivity index (χ0n) is 20.0. The van der Waals surface area contributed by atoms with E-state index in [1.807, 2.05) is 36.4 Å². The minimum absolute atomic E-state index is 0.0727. The van der Waals surface area contributed by atoms with Crippen LogP contribution in [0.4, 0.5) is 0 Å². The molecule has 0 fully saturated rings. The summed E-state index contributed by atoms with van der Waals surface area (Å²) in [6.07, 6.45) is 2.16. The molecule has 3 N–H and O–H groups in total. The molecule has 0 radical (unpaired) electrons. The van der Waals surface area contributed by atoms with E-state index in [0.717, 1.165) is 23.1 Å². The molecule has 6 heteroatoms. The molecule has 4 rings (SSSR count). The van der Waals surface area contributed by atoms with Crippen molar-refractivity contribution in [1.29, 1.82) is 0 Å². The molecule has 0 saturated heterocycles. The van der Waals surface area contributed by atoms with Crippen LogP contribution in [0.3, 0.4) is 0 Å². The maximum absolute atomic E-state index is 13.2. The van der Waals surface area contributed by atoms with Crippen LogP contribution in [0.5, 0.6) is 11.5 Å². The number of ether oxygens (including phenoxy) is 2. The highest BCUT2D eigenvalue weighted by Crippen LogP contribution is 2.41. The van der Waals surface area contributed by atoms with Gasteiger partial charge in [0.15, 0.2) is 17.3 Å². The summed E-state index contributed by atoms with van der Waals surface area (Å²) in [6, 6.07) is 20.9. The summed E-state index contributed by atoms with van der Waals surface area (Å²) in [5.74, 6) is -0.165. The third kappa shape index (κ3) is 5.54. The number of fused-ring (bicyclic) bond motifs is 1. The lowest BCUT2D eigenvalue weighted by molar-refractivity contribution is -0.148. The first-order valence-corrected chi connectivity index (χ1v) is 11.9. The minimum Gasteiger partial charge on any atom is -0.493 e. The van der Waals surface area contributed by atoms with E-state index in [-0.39, 0.29) is 12.2 Å². The van der Waals surface area contributed by atoms with Crippen LogP contribution in [0.2, 0.25) is 0 Å². The Balaban J connectivity index is 1.46. The number of rotatable bonds is 11. The van der Waals surface area contributed by atoms with Crippen LogP contribution in [0.1, 0.15) is 39.0 Å². The predicted molar refractivity (Wildman–Crippen MR) is 134 cm³/mol. The van der Waals surface area contributed by atoms with Crippen molar-refractivity contribution in [1.82, 2.24) is 0 Å². The van der Waals surface area contributed by atoms with E-state index < -0.39 is 11.4 Å². The van der Waals surface area contributed by atoms with Gasteiger partial charge in [0.2, 0.25) is 0 Å². The topological polar surface area (TPSA) is 98.9 Å². The maximum Gasteiger partial charge on any atom is 0.310 e. The average Bonchev–Trinajstić information content (AvgIpc) is 3.24. The Morgan fingerprint density at radius 3 is 2.23 bits per heavy atom. The van der Waals surface area contributed by atoms with Crippen molar-refractivity contribution >= 4 is 11.8 Å². The van der Waals surface area contributed by atoms with E-state index in [0.29, 0.717) is 49.5 Å². The third-order valence-corrected chi connectivity index (χ3v) is 6.69. The van der Waals surface area contributed by atoms with Gasteiger partial charge in [-0.3, -0.25) is 9.59 Å². The molecule has 0 atom stereocenters. The van der Waals surface area contributed by atoms with Crippen LogP contribution in [0.25, 0.3) is 0 Å². The Hall–Kier alpha value is -3.64. The Kier molecular flexibility index (Phi) is 7.51. The molecule has 1 aliphatic rings. The molecule has 0 heterocycles. The number of carboxylic acid groups (broad SMARTS) is 1. The van der Waals surface area contributed by atoms with Gasteiger partial charge in [0.1, 0.15) is 0 Å². The van der Waals surface area contributed by atoms with E-state index in [9.17, 15) is 14.7 Å². The number of methoxy groups -OCH3 is 1. The summed E-state index contributed by atoms with van der Waals surface area (Å²) in [4.78, 5) is 25.5. The van der Waals surface area contributed by atoms with Crippen LogP contribution < -0.4 is 15.2 Å². The number of Topliss-reactive ketones (excluding diaryl/α,β-unsaturated/α-hetero) is 1. The highest BCUT2D eigenvalue weighted by Gasteiger charge is 2.45. The Morgan fingerprint density at radius 1 is 0.914 bits per heavy atom. The molecule has 3 aromatic carbocycles. The highest BCUT2D eigenvalue weighted by atomic mass is 16.5. The summed E-state index contributed by atoms with van der Waals surface area (Å²) in [5.41, 5.74) is 9.28. The number of carbonyl (C=O) groups is 2. The third-order valence-electron chi connectivity index (χ3n) is 6.69. The number of ketones is 1. The molecule has 6 nitrogen and oxygen atoms in total. The van der Waals surface area contributed by atoms with Crippen molar-refractivity contribution in [3.8, 4) is 11.5 Å². The molecule has 0 amide bonds. The predicted octanol–water partition coefficient (Wildman–Crippen LogP) is 4.26. The summed E-state index contributed by atoms with van der Waals surface area (Å²) >= 11 is 0. The van der Waals surface area contributed by atoms with Gasteiger partial charge in [0.05, 0.1) is 19.1 Å². The highest BCUT2D eigenvalue weighted by molar-refractivity contribution is 5.99. The summed E-state index contributed by atoms with van der Waals surface area (Å²) in [6.45, 7) is 1.02. The molecule has 35 heavy (non-hydrogen) atoms. The van der Waals surface area contributed by atoms with Gasteiger partial charge in [-0.25, -0.2) is 0 Å². The lowest BCUT2D eigenvalue weighted by atomic mass is 9.79. The standard InChI is InChI=1S/C29H31NO5/c1-34-26-10-9-22(16-27(26)35-14-12-21-6-4-5-20(15-21)11-13-30)25(31)19-29(28(32)33)17-23-7-2-3-8-24(23)18-29/h2-10,15-16H,11-14,17-19,30H2,1H3,(H,32,33). The number of hydrogen-bond donors (Lipinski definition) is 2. The van der Waals surface area contributed by atoms with Gasteiger partial charge >= 0.3 is 5.97 Å². The first-order valence-electron chi connectivity index (χ1n) is 11.9. The van der Waals surface area contributed by atoms with Gasteiger partial charge in [-0.05, 0) is 66.3 Å². The number of carboxylic acids is 1. The van der Waals surface area contributed by atoms with E-state index in [1.54, 1.807) is 25.3 Å². The molecule has 0 aliphatic heterocycles. The Bertz CT molecular complexity index is 1190. The van der Waals surface area contributed by atoms with Crippen LogP contribution in [0, 0.1) is 5.41 Å². The Morgan fingerprint density at radius 2 is 1.60 bits per heavy atom. The number of carbonyl (C=O) groups excluding carboxylic acids is 1. The van der Waals surface area contributed by atoms with E-state index in [1.165, 1.54) is 5.56 Å². The molecule has 1 aliphatic carbocycles. The average molecular weight is 474 g/mol. The van der Waals surface area contributed by atoms with Crippen molar-refractivity contribution in [2.45, 2.75) is 32.1 Å². The quantitative estimate of drug-likeness (QED) is 0.404. The van der Waals surface area contributed by atoms with Gasteiger partial charge in [-0.2, -0.15) is 0 Å². The number of aliphatic carboxylic acids is 1. The fourth-order valence-electron chi connectivity index (χ4n) is 4.80. The summed E-state index contributed by atoms with van der Waals surface area (Å²) in [5, 5.41) is 10.0. The number of benzene rings is 3. The maximum atomic E-state index is 13.2. The second-order valence-electron chi connectivity index (χ2n) is 9.13. The number of hydrogen-bond acceptors (Lipinski definition) is 5. The van der Waals surface area contributed by atoms with Crippen LogP contribution >= 0.6 is 0 Å². The Labute approximate surface area is 205 Å². The van der Waals surface area contributed by atoms with E-state index >= 15 is 0 Å². The fourth-order valence-corrected chi connectivity index (χ4v) is 4.80. The normalized spacial score (nSPS) is 13.8. The largest absolute Gasteiger partial charge is 0.493 e. The number of nitrogens with two attached hydrogens (primary N) is 1. The molecule has 0 unspecified atom stereocenters. The molecule has 0 bridgehead atoms. The molecular weight excluding hydrogens is 442 g/mol. The monoisotopic (exact) mass is 473 g/mol. The SMILES string of the molecule is COc1ccc(C(=O)CC2(C(=O)O)Cc3ccccc3C2)cc1OCCc1cccc(CCN)c1. The smallest absolute Gasteiger partial charge is 0.310 e. The van der Waals surface area contributed by atoms with Gasteiger partial charge in [-0.1, -0.05) is 48.5 Å². The van der Waals surface area contributed by atoms with Crippen molar-refractivity contribution in [2.24, 2.45) is 11.1 Å². The molecule has 0 spiro atoms. The zero-order valence-corrected chi connectivity index (χ0v) is 20.0. The van der Waals surface area contributed by atoms with Crippen molar-refractivity contribution in [2.75, 3.05) is 20.3 Å². The molecule has 0 saturated carbocycles. The lowest BCUT2D eigenvalue weighted by Gasteiger charge is -2.23. The van der Waals surface area contributed by atoms with Crippen LogP contribution in [-0.2, 0) is 30.5 Å².